The maximum Gasteiger partial charge on any atom is 0.410 e. The molecule has 2 aromatic carbocycles. The molecule has 0 aliphatic carbocycles. The zero-order chi connectivity index (χ0) is 19.4. The highest BCUT2D eigenvalue weighted by molar-refractivity contribution is 5.71. The molecule has 1 aliphatic rings. The molecule has 0 unspecified atom stereocenters. The van der Waals surface area contributed by atoms with Gasteiger partial charge >= 0.3 is 6.09 Å². The van der Waals surface area contributed by atoms with Crippen molar-refractivity contribution in [3.63, 3.8) is 0 Å². The number of aryl methyl sites for hydroxylation is 1. The minimum absolute atomic E-state index is 0.205. The first-order chi connectivity index (χ1) is 12.8. The third-order valence-electron chi connectivity index (χ3n) is 4.77. The molecule has 0 radical (unpaired) electrons. The van der Waals surface area contributed by atoms with Crippen LogP contribution in [0.1, 0.15) is 44.7 Å². The Morgan fingerprint density at radius 3 is 2.33 bits per heavy atom. The Morgan fingerprint density at radius 1 is 1.04 bits per heavy atom. The fourth-order valence-electron chi connectivity index (χ4n) is 3.34. The Hall–Kier alpha value is -2.55. The van der Waals surface area contributed by atoms with Crippen molar-refractivity contribution in [1.82, 2.24) is 4.90 Å². The van der Waals surface area contributed by atoms with Gasteiger partial charge in [0.05, 0.1) is 0 Å². The van der Waals surface area contributed by atoms with E-state index in [2.05, 4.69) is 55.5 Å². The molecular formula is C24H29NO2. The maximum absolute atomic E-state index is 12.2. The third kappa shape index (κ3) is 5.22. The molecule has 3 nitrogen and oxygen atoms in total. The van der Waals surface area contributed by atoms with Crippen LogP contribution in [0.15, 0.2) is 54.1 Å². The molecule has 142 valence electrons. The number of benzene rings is 2. The van der Waals surface area contributed by atoms with Gasteiger partial charge in [0, 0.05) is 13.1 Å². The van der Waals surface area contributed by atoms with E-state index in [-0.39, 0.29) is 6.09 Å². The third-order valence-corrected chi connectivity index (χ3v) is 4.77. The summed E-state index contributed by atoms with van der Waals surface area (Å²) in [5, 5.41) is 0. The second-order valence-electron chi connectivity index (χ2n) is 8.21. The van der Waals surface area contributed by atoms with Gasteiger partial charge in [0.2, 0.25) is 0 Å². The summed E-state index contributed by atoms with van der Waals surface area (Å²) in [6.45, 7) is 9.31. The van der Waals surface area contributed by atoms with E-state index in [4.69, 9.17) is 4.74 Å². The Morgan fingerprint density at radius 2 is 1.70 bits per heavy atom. The van der Waals surface area contributed by atoms with Gasteiger partial charge in [0.15, 0.2) is 0 Å². The van der Waals surface area contributed by atoms with Crippen molar-refractivity contribution in [2.24, 2.45) is 0 Å². The molecule has 27 heavy (non-hydrogen) atoms. The number of amides is 1. The van der Waals surface area contributed by atoms with Gasteiger partial charge in [0.25, 0.3) is 0 Å². The molecule has 1 fully saturated rings. The molecule has 0 atom stereocenters. The minimum Gasteiger partial charge on any atom is -0.444 e. The lowest BCUT2D eigenvalue weighted by Gasteiger charge is -2.31. The first-order valence-electron chi connectivity index (χ1n) is 9.65. The number of piperidine rings is 1. The molecule has 3 heteroatoms. The predicted octanol–water partition coefficient (Wildman–Crippen LogP) is 6.08. The van der Waals surface area contributed by atoms with Gasteiger partial charge < -0.3 is 9.64 Å². The molecule has 0 aromatic heterocycles. The van der Waals surface area contributed by atoms with E-state index in [9.17, 15) is 4.79 Å². The second-order valence-corrected chi connectivity index (χ2v) is 8.21. The summed E-state index contributed by atoms with van der Waals surface area (Å²) in [7, 11) is 0. The number of hydrogen-bond acceptors (Lipinski definition) is 2. The summed E-state index contributed by atoms with van der Waals surface area (Å²) in [5.41, 5.74) is 5.97. The molecule has 0 N–H and O–H groups in total. The van der Waals surface area contributed by atoms with Crippen molar-refractivity contribution in [2.75, 3.05) is 13.1 Å². The SMILES string of the molecule is Cc1ccc(C=C2CCN(C(=O)OC(C)(C)C)CC2)cc1-c1ccccc1. The number of ether oxygens (including phenoxy) is 1. The Bertz CT molecular complexity index is 821. The number of rotatable bonds is 2. The molecule has 3 rings (SSSR count). The monoisotopic (exact) mass is 363 g/mol. The highest BCUT2D eigenvalue weighted by atomic mass is 16.6. The van der Waals surface area contributed by atoms with Crippen LogP contribution >= 0.6 is 0 Å². The summed E-state index contributed by atoms with van der Waals surface area (Å²) in [4.78, 5) is 14.0. The van der Waals surface area contributed by atoms with Crippen LogP contribution in [-0.4, -0.2) is 29.7 Å². The molecule has 0 spiro atoms. The maximum atomic E-state index is 12.2. The number of carbonyl (C=O) groups is 1. The molecule has 1 heterocycles. The highest BCUT2D eigenvalue weighted by Gasteiger charge is 2.24. The second kappa shape index (κ2) is 7.99. The first-order valence-corrected chi connectivity index (χ1v) is 9.65. The number of hydrogen-bond donors (Lipinski definition) is 0. The normalized spacial score (nSPS) is 14.8. The molecule has 0 bridgehead atoms. The van der Waals surface area contributed by atoms with E-state index < -0.39 is 5.60 Å². The van der Waals surface area contributed by atoms with Crippen molar-refractivity contribution in [2.45, 2.75) is 46.1 Å². The van der Waals surface area contributed by atoms with Crippen LogP contribution in [0.2, 0.25) is 0 Å². The summed E-state index contributed by atoms with van der Waals surface area (Å²) >= 11 is 0. The van der Waals surface area contributed by atoms with E-state index in [1.807, 2.05) is 31.7 Å². The van der Waals surface area contributed by atoms with Gasteiger partial charge in [-0.15, -0.1) is 0 Å². The Labute approximate surface area is 162 Å². The van der Waals surface area contributed by atoms with E-state index in [0.717, 1.165) is 25.9 Å². The van der Waals surface area contributed by atoms with Gasteiger partial charge in [-0.25, -0.2) is 4.79 Å². The van der Waals surface area contributed by atoms with Crippen LogP contribution in [0.5, 0.6) is 0 Å². The van der Waals surface area contributed by atoms with Crippen molar-refractivity contribution < 1.29 is 9.53 Å². The van der Waals surface area contributed by atoms with E-state index in [1.165, 1.54) is 27.8 Å². The van der Waals surface area contributed by atoms with E-state index in [1.54, 1.807) is 0 Å². The fraction of sp³-hybridized carbons (Fsp3) is 0.375. The lowest BCUT2D eigenvalue weighted by atomic mass is 9.95. The summed E-state index contributed by atoms with van der Waals surface area (Å²) in [6, 6.07) is 17.1. The zero-order valence-corrected chi connectivity index (χ0v) is 16.8. The molecule has 1 saturated heterocycles. The van der Waals surface area contributed by atoms with Crippen molar-refractivity contribution >= 4 is 12.2 Å². The van der Waals surface area contributed by atoms with Gasteiger partial charge in [-0.3, -0.25) is 0 Å². The smallest absolute Gasteiger partial charge is 0.410 e. The molecule has 2 aromatic rings. The first kappa shape index (κ1) is 19.2. The van der Waals surface area contributed by atoms with Crippen molar-refractivity contribution in [3.8, 4) is 11.1 Å². The predicted molar refractivity (Wildman–Crippen MR) is 112 cm³/mol. The topological polar surface area (TPSA) is 29.5 Å². The number of likely N-dealkylation sites (tertiary alicyclic amines) is 1. The summed E-state index contributed by atoms with van der Waals surface area (Å²) in [5.74, 6) is 0. The molecule has 0 saturated carbocycles. The Balaban J connectivity index is 1.69. The lowest BCUT2D eigenvalue weighted by Crippen LogP contribution is -2.40. The van der Waals surface area contributed by atoms with Crippen molar-refractivity contribution in [1.29, 1.82) is 0 Å². The molecule has 1 amide bonds. The van der Waals surface area contributed by atoms with Gasteiger partial charge in [-0.2, -0.15) is 0 Å². The average Bonchev–Trinajstić information content (AvgIpc) is 2.63. The molecule has 1 aliphatic heterocycles. The summed E-state index contributed by atoms with van der Waals surface area (Å²) < 4.78 is 5.48. The quantitative estimate of drug-likeness (QED) is 0.647. The van der Waals surface area contributed by atoms with Crippen molar-refractivity contribution in [3.05, 3.63) is 65.2 Å². The van der Waals surface area contributed by atoms with Crippen LogP contribution in [0, 0.1) is 6.92 Å². The number of carbonyl (C=O) groups excluding carboxylic acids is 1. The van der Waals surface area contributed by atoms with Crippen LogP contribution in [0.3, 0.4) is 0 Å². The minimum atomic E-state index is -0.442. The highest BCUT2D eigenvalue weighted by Crippen LogP contribution is 2.27. The van der Waals surface area contributed by atoms with Crippen LogP contribution in [-0.2, 0) is 4.74 Å². The van der Waals surface area contributed by atoms with Crippen LogP contribution < -0.4 is 0 Å². The van der Waals surface area contributed by atoms with E-state index >= 15 is 0 Å². The largest absolute Gasteiger partial charge is 0.444 e. The van der Waals surface area contributed by atoms with Gasteiger partial charge in [-0.1, -0.05) is 54.1 Å². The standard InChI is InChI=1S/C24H29NO2/c1-18-10-11-20(17-22(18)21-8-6-5-7-9-21)16-19-12-14-25(15-13-19)23(26)27-24(2,3)4/h5-11,16-17H,12-15H2,1-4H3. The van der Waals surface area contributed by atoms with Gasteiger partial charge in [0.1, 0.15) is 5.60 Å². The molecular weight excluding hydrogens is 334 g/mol. The van der Waals surface area contributed by atoms with E-state index in [0.29, 0.717) is 0 Å². The lowest BCUT2D eigenvalue weighted by molar-refractivity contribution is 0.0237. The summed E-state index contributed by atoms with van der Waals surface area (Å²) in [6.07, 6.45) is 3.86. The average molecular weight is 364 g/mol. The van der Waals surface area contributed by atoms with Crippen LogP contribution in [0.4, 0.5) is 4.79 Å². The van der Waals surface area contributed by atoms with Gasteiger partial charge in [-0.05, 0) is 68.9 Å². The van der Waals surface area contributed by atoms with Crippen LogP contribution in [0.25, 0.3) is 17.2 Å². The zero-order valence-electron chi connectivity index (χ0n) is 16.8. The number of nitrogens with zero attached hydrogens (tertiary/aromatic N) is 1. The fourth-order valence-corrected chi connectivity index (χ4v) is 3.34. The Kier molecular flexibility index (Phi) is 5.69.